The molecule has 0 saturated carbocycles. The van der Waals surface area contributed by atoms with E-state index >= 15 is 0 Å². The van der Waals surface area contributed by atoms with Crippen molar-refractivity contribution in [3.8, 4) is 22.4 Å². The second-order valence-electron chi connectivity index (χ2n) is 7.05. The standard InChI is InChI=1S/C23H20FN3/c24-19-5-3-17(4-6-19)23-22(16-7-10-25-11-8-16)21(15-26-23)18-9-13-27-12-1-2-20(27)14-18/h1-8,10-11,14-15,20,26H,9,12-13H2/t20-/m0/s1. The zero-order chi connectivity index (χ0) is 18.2. The highest BCUT2D eigenvalue weighted by molar-refractivity contribution is 5.91. The van der Waals surface area contributed by atoms with Crippen molar-refractivity contribution in [1.82, 2.24) is 14.9 Å². The predicted octanol–water partition coefficient (Wildman–Crippen LogP) is 4.91. The predicted molar refractivity (Wildman–Crippen MR) is 107 cm³/mol. The largest absolute Gasteiger partial charge is 0.360 e. The third-order valence-electron chi connectivity index (χ3n) is 5.46. The molecule has 3 aromatic rings. The van der Waals surface area contributed by atoms with Gasteiger partial charge in [0, 0.05) is 48.8 Å². The number of H-pyrrole nitrogens is 1. The van der Waals surface area contributed by atoms with Gasteiger partial charge < -0.3 is 4.98 Å². The van der Waals surface area contributed by atoms with Gasteiger partial charge in [-0.15, -0.1) is 0 Å². The molecule has 3 nitrogen and oxygen atoms in total. The first-order valence-electron chi connectivity index (χ1n) is 9.29. The third-order valence-corrected chi connectivity index (χ3v) is 5.46. The molecule has 4 heteroatoms. The highest BCUT2D eigenvalue weighted by atomic mass is 19.1. The van der Waals surface area contributed by atoms with Crippen LogP contribution in [-0.2, 0) is 0 Å². The number of rotatable bonds is 3. The van der Waals surface area contributed by atoms with Crippen LogP contribution in [0.3, 0.4) is 0 Å². The van der Waals surface area contributed by atoms with Crippen molar-refractivity contribution in [2.45, 2.75) is 12.5 Å². The smallest absolute Gasteiger partial charge is 0.123 e. The molecule has 2 aliphatic rings. The monoisotopic (exact) mass is 357 g/mol. The van der Waals surface area contributed by atoms with Gasteiger partial charge in [0.25, 0.3) is 0 Å². The molecule has 0 radical (unpaired) electrons. The second kappa shape index (κ2) is 6.63. The van der Waals surface area contributed by atoms with E-state index in [0.29, 0.717) is 6.04 Å². The van der Waals surface area contributed by atoms with Crippen molar-refractivity contribution in [3.63, 3.8) is 0 Å². The van der Waals surface area contributed by atoms with Gasteiger partial charge in [-0.05, 0) is 59.5 Å². The van der Waals surface area contributed by atoms with Crippen LogP contribution in [0, 0.1) is 5.82 Å². The fourth-order valence-corrected chi connectivity index (χ4v) is 4.10. The number of halogens is 1. The van der Waals surface area contributed by atoms with Gasteiger partial charge in [0.1, 0.15) is 5.82 Å². The Bertz CT molecular complexity index is 1020. The van der Waals surface area contributed by atoms with E-state index in [1.807, 2.05) is 36.7 Å². The summed E-state index contributed by atoms with van der Waals surface area (Å²) in [6.07, 6.45) is 13.6. The number of benzene rings is 1. The molecule has 1 atom stereocenters. The average Bonchev–Trinajstić information content (AvgIpc) is 3.35. The number of nitrogens with one attached hydrogen (secondary N) is 1. The maximum Gasteiger partial charge on any atom is 0.123 e. The zero-order valence-electron chi connectivity index (χ0n) is 14.9. The summed E-state index contributed by atoms with van der Waals surface area (Å²) in [5, 5.41) is 0. The Morgan fingerprint density at radius 2 is 1.85 bits per heavy atom. The number of aromatic nitrogens is 2. The Labute approximate surface area is 157 Å². The fraction of sp³-hybridized carbons (Fsp3) is 0.174. The van der Waals surface area contributed by atoms with Crippen LogP contribution in [0.25, 0.3) is 28.0 Å². The Kier molecular flexibility index (Phi) is 3.98. The first-order valence-corrected chi connectivity index (χ1v) is 9.29. The lowest BCUT2D eigenvalue weighted by molar-refractivity contribution is 0.304. The van der Waals surface area contributed by atoms with Gasteiger partial charge in [0.15, 0.2) is 0 Å². The Balaban J connectivity index is 1.66. The minimum absolute atomic E-state index is 0.223. The molecule has 27 heavy (non-hydrogen) atoms. The molecule has 2 aliphatic heterocycles. The van der Waals surface area contributed by atoms with Crippen LogP contribution in [-0.4, -0.2) is 34.0 Å². The molecule has 0 unspecified atom stereocenters. The fourth-order valence-electron chi connectivity index (χ4n) is 4.10. The molecule has 0 saturated heterocycles. The van der Waals surface area contributed by atoms with Crippen molar-refractivity contribution in [2.75, 3.05) is 13.1 Å². The summed E-state index contributed by atoms with van der Waals surface area (Å²) in [5.41, 5.74) is 6.85. The molecule has 2 aromatic heterocycles. The van der Waals surface area contributed by atoms with Crippen molar-refractivity contribution >= 4 is 5.57 Å². The minimum Gasteiger partial charge on any atom is -0.360 e. The lowest BCUT2D eigenvalue weighted by Gasteiger charge is -2.28. The molecule has 1 N–H and O–H groups in total. The number of aromatic amines is 1. The van der Waals surface area contributed by atoms with E-state index in [2.05, 4.69) is 39.3 Å². The molecular formula is C23H20FN3. The topological polar surface area (TPSA) is 31.9 Å². The normalized spacial score (nSPS) is 19.1. The molecule has 1 aromatic carbocycles. The maximum atomic E-state index is 13.4. The van der Waals surface area contributed by atoms with Gasteiger partial charge in [0.05, 0.1) is 5.69 Å². The molecule has 0 bridgehead atoms. The summed E-state index contributed by atoms with van der Waals surface area (Å²) < 4.78 is 13.4. The third kappa shape index (κ3) is 2.92. The van der Waals surface area contributed by atoms with Gasteiger partial charge >= 0.3 is 0 Å². The van der Waals surface area contributed by atoms with Crippen LogP contribution in [0.2, 0.25) is 0 Å². The van der Waals surface area contributed by atoms with Gasteiger partial charge in [-0.1, -0.05) is 18.2 Å². The first kappa shape index (κ1) is 16.2. The summed E-state index contributed by atoms with van der Waals surface area (Å²) >= 11 is 0. The van der Waals surface area contributed by atoms with E-state index in [1.165, 1.54) is 23.3 Å². The highest BCUT2D eigenvalue weighted by Gasteiger charge is 2.25. The Hall–Kier alpha value is -2.98. The van der Waals surface area contributed by atoms with Crippen LogP contribution in [0.4, 0.5) is 4.39 Å². The number of pyridine rings is 1. The van der Waals surface area contributed by atoms with E-state index in [-0.39, 0.29) is 5.82 Å². The van der Waals surface area contributed by atoms with E-state index in [0.717, 1.165) is 41.9 Å². The van der Waals surface area contributed by atoms with Crippen molar-refractivity contribution < 1.29 is 4.39 Å². The first-order chi connectivity index (χ1) is 13.3. The summed E-state index contributed by atoms with van der Waals surface area (Å²) in [6.45, 7) is 2.11. The van der Waals surface area contributed by atoms with Crippen molar-refractivity contribution in [1.29, 1.82) is 0 Å². The summed E-state index contributed by atoms with van der Waals surface area (Å²) in [4.78, 5) is 10.1. The molecule has 5 rings (SSSR count). The van der Waals surface area contributed by atoms with Crippen LogP contribution in [0.15, 0.2) is 73.2 Å². The van der Waals surface area contributed by atoms with Crippen LogP contribution in [0.1, 0.15) is 12.0 Å². The van der Waals surface area contributed by atoms with Gasteiger partial charge in [-0.3, -0.25) is 9.88 Å². The average molecular weight is 357 g/mol. The summed E-state index contributed by atoms with van der Waals surface area (Å²) in [7, 11) is 0. The lowest BCUT2D eigenvalue weighted by atomic mass is 9.91. The Morgan fingerprint density at radius 3 is 2.67 bits per heavy atom. The van der Waals surface area contributed by atoms with E-state index in [4.69, 9.17) is 0 Å². The maximum absolute atomic E-state index is 13.4. The lowest BCUT2D eigenvalue weighted by Crippen LogP contribution is -2.32. The SMILES string of the molecule is Fc1ccc(-c2[nH]cc(C3=C[C@@H]4C=CCN4CC3)c2-c2ccncc2)cc1. The van der Waals surface area contributed by atoms with Crippen LogP contribution in [0.5, 0.6) is 0 Å². The molecule has 134 valence electrons. The number of fused-ring (bicyclic) bond motifs is 1. The van der Waals surface area contributed by atoms with Crippen LogP contribution >= 0.6 is 0 Å². The second-order valence-corrected chi connectivity index (χ2v) is 7.05. The van der Waals surface area contributed by atoms with Crippen molar-refractivity contribution in [3.05, 3.63) is 84.6 Å². The minimum atomic E-state index is -0.223. The molecule has 4 heterocycles. The Morgan fingerprint density at radius 1 is 1.04 bits per heavy atom. The molecular weight excluding hydrogens is 337 g/mol. The molecule has 0 aliphatic carbocycles. The zero-order valence-corrected chi connectivity index (χ0v) is 14.9. The van der Waals surface area contributed by atoms with Crippen LogP contribution < -0.4 is 0 Å². The number of hydrogen-bond donors (Lipinski definition) is 1. The number of nitrogens with zero attached hydrogens (tertiary/aromatic N) is 2. The van der Waals surface area contributed by atoms with E-state index in [1.54, 1.807) is 0 Å². The quantitative estimate of drug-likeness (QED) is 0.676. The van der Waals surface area contributed by atoms with Gasteiger partial charge in [-0.2, -0.15) is 0 Å². The summed E-state index contributed by atoms with van der Waals surface area (Å²) in [6, 6.07) is 11.1. The molecule has 0 amide bonds. The summed E-state index contributed by atoms with van der Waals surface area (Å²) in [5.74, 6) is -0.223. The van der Waals surface area contributed by atoms with Crippen molar-refractivity contribution in [2.24, 2.45) is 0 Å². The number of hydrogen-bond acceptors (Lipinski definition) is 2. The van der Waals surface area contributed by atoms with E-state index in [9.17, 15) is 4.39 Å². The molecule has 0 spiro atoms. The van der Waals surface area contributed by atoms with E-state index < -0.39 is 0 Å². The molecule has 0 fully saturated rings. The van der Waals surface area contributed by atoms with Gasteiger partial charge in [-0.25, -0.2) is 4.39 Å². The van der Waals surface area contributed by atoms with Gasteiger partial charge in [0.2, 0.25) is 0 Å². The highest BCUT2D eigenvalue weighted by Crippen LogP contribution is 2.40.